The van der Waals surface area contributed by atoms with Gasteiger partial charge in [0.2, 0.25) is 5.78 Å². The lowest BCUT2D eigenvalue weighted by molar-refractivity contribution is -0.133. The Morgan fingerprint density at radius 3 is 2.45 bits per heavy atom. The zero-order chi connectivity index (χ0) is 21.8. The van der Waals surface area contributed by atoms with Gasteiger partial charge in [0.05, 0.1) is 26.2 Å². The molecule has 6 heteroatoms. The van der Waals surface area contributed by atoms with Gasteiger partial charge in [-0.3, -0.25) is 9.59 Å². The molecule has 1 aliphatic heterocycles. The molecule has 0 aliphatic carbocycles. The minimum absolute atomic E-state index is 0.148. The molecule has 0 amide bonds. The largest absolute Gasteiger partial charge is 0.497 e. The van der Waals surface area contributed by atoms with Crippen molar-refractivity contribution in [3.8, 4) is 23.0 Å². The second-order valence-corrected chi connectivity index (χ2v) is 6.84. The van der Waals surface area contributed by atoms with Crippen molar-refractivity contribution < 1.29 is 28.5 Å². The molecule has 156 valence electrons. The number of carbonyl (C=O) groups excluding carboxylic acids is 2. The normalized spacial score (nSPS) is 13.5. The summed E-state index contributed by atoms with van der Waals surface area (Å²) >= 11 is 0. The van der Waals surface area contributed by atoms with Crippen LogP contribution in [0.15, 0.2) is 72.5 Å². The number of methoxy groups -OCH3 is 2. The highest BCUT2D eigenvalue weighted by atomic mass is 16.5. The van der Waals surface area contributed by atoms with Gasteiger partial charge in [-0.25, -0.2) is 0 Å². The van der Waals surface area contributed by atoms with Gasteiger partial charge < -0.3 is 18.9 Å². The van der Waals surface area contributed by atoms with Gasteiger partial charge in [0.15, 0.2) is 5.76 Å². The summed E-state index contributed by atoms with van der Waals surface area (Å²) in [6, 6.07) is 19.3. The van der Waals surface area contributed by atoms with Crippen LogP contribution < -0.4 is 18.9 Å². The SMILES string of the molecule is COc1ccc(OC)c(/C=C2\Oc3cc(OC(=O)Cc4ccccc4)ccc3C2=O)c1. The van der Waals surface area contributed by atoms with Gasteiger partial charge in [-0.05, 0) is 42.0 Å². The molecule has 0 saturated carbocycles. The topological polar surface area (TPSA) is 71.1 Å². The van der Waals surface area contributed by atoms with E-state index in [4.69, 9.17) is 18.9 Å². The molecule has 0 spiro atoms. The highest BCUT2D eigenvalue weighted by molar-refractivity contribution is 6.14. The fraction of sp³-hybridized carbons (Fsp3) is 0.120. The lowest BCUT2D eigenvalue weighted by Crippen LogP contribution is -2.11. The maximum absolute atomic E-state index is 12.8. The van der Waals surface area contributed by atoms with Crippen LogP contribution in [0.5, 0.6) is 23.0 Å². The number of hydrogen-bond acceptors (Lipinski definition) is 6. The number of rotatable bonds is 6. The third-order valence-corrected chi connectivity index (χ3v) is 4.79. The van der Waals surface area contributed by atoms with Crippen molar-refractivity contribution >= 4 is 17.8 Å². The number of hydrogen-bond donors (Lipinski definition) is 0. The summed E-state index contributed by atoms with van der Waals surface area (Å²) < 4.78 is 21.8. The third-order valence-electron chi connectivity index (χ3n) is 4.79. The average Bonchev–Trinajstić information content (AvgIpc) is 3.08. The molecule has 0 bridgehead atoms. The molecule has 0 saturated heterocycles. The number of ether oxygens (including phenoxy) is 4. The Kier molecular flexibility index (Phi) is 5.71. The molecule has 0 radical (unpaired) electrons. The molecule has 3 aromatic rings. The van der Waals surface area contributed by atoms with Crippen molar-refractivity contribution in [2.75, 3.05) is 14.2 Å². The van der Waals surface area contributed by atoms with E-state index in [0.29, 0.717) is 34.1 Å². The minimum atomic E-state index is -0.396. The van der Waals surface area contributed by atoms with E-state index >= 15 is 0 Å². The van der Waals surface area contributed by atoms with Gasteiger partial charge in [-0.1, -0.05) is 30.3 Å². The summed E-state index contributed by atoms with van der Waals surface area (Å²) in [7, 11) is 3.11. The van der Waals surface area contributed by atoms with Crippen LogP contribution >= 0.6 is 0 Å². The van der Waals surface area contributed by atoms with Crippen LogP contribution in [0.3, 0.4) is 0 Å². The highest BCUT2D eigenvalue weighted by Crippen LogP contribution is 2.36. The molecule has 3 aromatic carbocycles. The summed E-state index contributed by atoms with van der Waals surface area (Å²) in [5.41, 5.74) is 1.90. The number of esters is 1. The molecular formula is C25H20O6. The molecule has 1 heterocycles. The predicted molar refractivity (Wildman–Crippen MR) is 115 cm³/mol. The summed E-state index contributed by atoms with van der Waals surface area (Å²) in [4.78, 5) is 25.0. The first kappa shape index (κ1) is 20.2. The second-order valence-electron chi connectivity index (χ2n) is 6.84. The van der Waals surface area contributed by atoms with E-state index in [1.165, 1.54) is 0 Å². The molecule has 0 N–H and O–H groups in total. The first-order chi connectivity index (χ1) is 15.1. The van der Waals surface area contributed by atoms with Crippen molar-refractivity contribution in [2.45, 2.75) is 6.42 Å². The Hall–Kier alpha value is -4.06. The van der Waals surface area contributed by atoms with Crippen LogP contribution in [0.4, 0.5) is 0 Å². The van der Waals surface area contributed by atoms with Crippen LogP contribution in [0.25, 0.3) is 6.08 Å². The Morgan fingerprint density at radius 1 is 0.935 bits per heavy atom. The number of fused-ring (bicyclic) bond motifs is 1. The standard InChI is InChI=1S/C25H20O6/c1-28-18-9-11-21(29-2)17(13-18)14-23-25(27)20-10-8-19(15-22(20)31-23)30-24(26)12-16-6-4-3-5-7-16/h3-11,13-15H,12H2,1-2H3/b23-14-. The first-order valence-corrected chi connectivity index (χ1v) is 9.62. The zero-order valence-electron chi connectivity index (χ0n) is 17.1. The Balaban J connectivity index is 1.53. The quantitative estimate of drug-likeness (QED) is 0.336. The van der Waals surface area contributed by atoms with E-state index in [9.17, 15) is 9.59 Å². The van der Waals surface area contributed by atoms with Gasteiger partial charge in [-0.2, -0.15) is 0 Å². The Morgan fingerprint density at radius 2 is 1.71 bits per heavy atom. The maximum Gasteiger partial charge on any atom is 0.315 e. The van der Waals surface area contributed by atoms with Gasteiger partial charge in [0.25, 0.3) is 0 Å². The van der Waals surface area contributed by atoms with Crippen molar-refractivity contribution in [1.29, 1.82) is 0 Å². The van der Waals surface area contributed by atoms with Crippen LogP contribution in [0.2, 0.25) is 0 Å². The van der Waals surface area contributed by atoms with E-state index in [1.54, 1.807) is 56.7 Å². The molecular weight excluding hydrogens is 396 g/mol. The number of allylic oxidation sites excluding steroid dienone is 1. The van der Waals surface area contributed by atoms with Gasteiger partial charge in [0, 0.05) is 11.6 Å². The van der Waals surface area contributed by atoms with Crippen molar-refractivity contribution in [3.05, 3.63) is 89.2 Å². The number of ketones is 1. The van der Waals surface area contributed by atoms with Crippen molar-refractivity contribution in [3.63, 3.8) is 0 Å². The molecule has 1 aliphatic rings. The molecule has 0 unspecified atom stereocenters. The Bertz CT molecular complexity index is 1160. The molecule has 31 heavy (non-hydrogen) atoms. The average molecular weight is 416 g/mol. The lowest BCUT2D eigenvalue weighted by atomic mass is 10.1. The first-order valence-electron chi connectivity index (χ1n) is 9.62. The summed E-state index contributed by atoms with van der Waals surface area (Å²) in [5.74, 6) is 1.35. The van der Waals surface area contributed by atoms with Crippen molar-refractivity contribution in [2.24, 2.45) is 0 Å². The van der Waals surface area contributed by atoms with E-state index in [0.717, 1.165) is 5.56 Å². The highest BCUT2D eigenvalue weighted by Gasteiger charge is 2.28. The molecule has 0 aromatic heterocycles. The van der Waals surface area contributed by atoms with Gasteiger partial charge in [-0.15, -0.1) is 0 Å². The number of benzene rings is 3. The molecule has 4 rings (SSSR count). The smallest absolute Gasteiger partial charge is 0.315 e. The predicted octanol–water partition coefficient (Wildman–Crippen LogP) is 4.47. The summed E-state index contributed by atoms with van der Waals surface area (Å²) in [5, 5.41) is 0. The fourth-order valence-corrected chi connectivity index (χ4v) is 3.25. The van der Waals surface area contributed by atoms with Crippen LogP contribution in [0.1, 0.15) is 21.5 Å². The van der Waals surface area contributed by atoms with Crippen LogP contribution in [-0.4, -0.2) is 26.0 Å². The monoisotopic (exact) mass is 416 g/mol. The van der Waals surface area contributed by atoms with E-state index in [-0.39, 0.29) is 18.0 Å². The van der Waals surface area contributed by atoms with E-state index < -0.39 is 5.97 Å². The minimum Gasteiger partial charge on any atom is -0.497 e. The van der Waals surface area contributed by atoms with Gasteiger partial charge in [0.1, 0.15) is 23.0 Å². The second kappa shape index (κ2) is 8.75. The lowest BCUT2D eigenvalue weighted by Gasteiger charge is -2.08. The fourth-order valence-electron chi connectivity index (χ4n) is 3.25. The molecule has 6 nitrogen and oxygen atoms in total. The van der Waals surface area contributed by atoms with E-state index in [1.807, 2.05) is 30.3 Å². The van der Waals surface area contributed by atoms with Crippen LogP contribution in [0, 0.1) is 0 Å². The zero-order valence-corrected chi connectivity index (χ0v) is 17.1. The third kappa shape index (κ3) is 4.43. The van der Waals surface area contributed by atoms with Crippen molar-refractivity contribution in [1.82, 2.24) is 0 Å². The maximum atomic E-state index is 12.8. The summed E-state index contributed by atoms with van der Waals surface area (Å²) in [6.45, 7) is 0. The summed E-state index contributed by atoms with van der Waals surface area (Å²) in [6.07, 6.45) is 1.75. The molecule has 0 fully saturated rings. The van der Waals surface area contributed by atoms with Gasteiger partial charge >= 0.3 is 5.97 Å². The number of Topliss-reactive ketones (excluding diaryl/α,β-unsaturated/α-hetero) is 1. The van der Waals surface area contributed by atoms with Crippen LogP contribution in [-0.2, 0) is 11.2 Å². The number of carbonyl (C=O) groups is 2. The Labute approximate surface area is 179 Å². The van der Waals surface area contributed by atoms with E-state index in [2.05, 4.69) is 0 Å². The molecule has 0 atom stereocenters.